The predicted molar refractivity (Wildman–Crippen MR) is 115 cm³/mol. The van der Waals surface area contributed by atoms with Crippen molar-refractivity contribution < 1.29 is 9.53 Å². The number of fused-ring (bicyclic) bond motifs is 1. The number of pyridine rings is 1. The quantitative estimate of drug-likeness (QED) is 0.659. The maximum atomic E-state index is 13.1. The minimum absolute atomic E-state index is 0.0274. The molecule has 5 rings (SSSR count). The lowest BCUT2D eigenvalue weighted by molar-refractivity contribution is 0.0304. The van der Waals surface area contributed by atoms with Crippen molar-refractivity contribution in [3.05, 3.63) is 54.5 Å². The third-order valence-corrected chi connectivity index (χ3v) is 5.72. The normalized spacial score (nSPS) is 17.4. The van der Waals surface area contributed by atoms with Crippen LogP contribution in [0.1, 0.15) is 10.4 Å². The summed E-state index contributed by atoms with van der Waals surface area (Å²) in [5.74, 6) is 1.72. The Labute approximate surface area is 175 Å². The number of amides is 1. The SMILES string of the molecule is O=C(c1cnc(N2CCN(c3ncccn3)CC2)c2ccccc12)N1CCOCC1. The van der Waals surface area contributed by atoms with E-state index in [4.69, 9.17) is 9.72 Å². The number of ether oxygens (including phenoxy) is 1. The third kappa shape index (κ3) is 3.54. The number of carbonyl (C=O) groups excluding carboxylic acids is 1. The van der Waals surface area contributed by atoms with Crippen molar-refractivity contribution in [1.82, 2.24) is 19.9 Å². The number of anilines is 2. The van der Waals surface area contributed by atoms with Gasteiger partial charge in [0.25, 0.3) is 5.91 Å². The molecule has 3 aromatic rings. The van der Waals surface area contributed by atoms with Gasteiger partial charge in [-0.2, -0.15) is 0 Å². The number of rotatable bonds is 3. The fourth-order valence-electron chi connectivity index (χ4n) is 4.11. The molecule has 2 fully saturated rings. The minimum Gasteiger partial charge on any atom is -0.378 e. The maximum Gasteiger partial charge on any atom is 0.256 e. The maximum absolute atomic E-state index is 13.1. The molecule has 0 aliphatic carbocycles. The summed E-state index contributed by atoms with van der Waals surface area (Å²) in [6.45, 7) is 5.73. The van der Waals surface area contributed by atoms with E-state index in [1.165, 1.54) is 0 Å². The molecule has 0 spiro atoms. The lowest BCUT2D eigenvalue weighted by Crippen LogP contribution is -2.47. The predicted octanol–water partition coefficient (Wildman–Crippen LogP) is 1.82. The Morgan fingerprint density at radius 2 is 1.47 bits per heavy atom. The van der Waals surface area contributed by atoms with E-state index in [0.29, 0.717) is 31.9 Å². The van der Waals surface area contributed by atoms with Gasteiger partial charge < -0.3 is 19.4 Å². The molecule has 2 aliphatic heterocycles. The summed E-state index contributed by atoms with van der Waals surface area (Å²) in [6.07, 6.45) is 5.28. The summed E-state index contributed by atoms with van der Waals surface area (Å²) in [5.41, 5.74) is 0.660. The van der Waals surface area contributed by atoms with Crippen LogP contribution >= 0.6 is 0 Å². The molecule has 0 atom stereocenters. The average Bonchev–Trinajstić information content (AvgIpc) is 2.84. The van der Waals surface area contributed by atoms with Crippen molar-refractivity contribution >= 4 is 28.4 Å². The highest BCUT2D eigenvalue weighted by atomic mass is 16.5. The highest BCUT2D eigenvalue weighted by Crippen LogP contribution is 2.29. The smallest absolute Gasteiger partial charge is 0.256 e. The molecule has 8 nitrogen and oxygen atoms in total. The van der Waals surface area contributed by atoms with Crippen LogP contribution in [-0.4, -0.2) is 78.2 Å². The summed E-state index contributed by atoms with van der Waals surface area (Å²) in [5, 5.41) is 1.97. The number of piperazine rings is 1. The zero-order chi connectivity index (χ0) is 20.3. The van der Waals surface area contributed by atoms with Crippen LogP contribution in [0.15, 0.2) is 48.9 Å². The lowest BCUT2D eigenvalue weighted by Gasteiger charge is -2.36. The standard InChI is InChI=1S/C22H24N6O2/c29-21(27-12-14-30-15-13-27)19-16-25-20(18-5-2-1-4-17(18)19)26-8-10-28(11-9-26)22-23-6-3-7-24-22/h1-7,16H,8-15H2. The monoisotopic (exact) mass is 404 g/mol. The Kier molecular flexibility index (Phi) is 5.15. The number of aromatic nitrogens is 3. The van der Waals surface area contributed by atoms with E-state index in [1.807, 2.05) is 29.2 Å². The fraction of sp³-hybridized carbons (Fsp3) is 0.364. The van der Waals surface area contributed by atoms with E-state index in [1.54, 1.807) is 18.6 Å². The van der Waals surface area contributed by atoms with Crippen LogP contribution in [0, 0.1) is 0 Å². The van der Waals surface area contributed by atoms with Crippen molar-refractivity contribution in [2.75, 3.05) is 62.3 Å². The number of nitrogens with zero attached hydrogens (tertiary/aromatic N) is 6. The van der Waals surface area contributed by atoms with E-state index >= 15 is 0 Å². The number of benzene rings is 1. The van der Waals surface area contributed by atoms with Crippen LogP contribution in [0.4, 0.5) is 11.8 Å². The Morgan fingerprint density at radius 1 is 0.800 bits per heavy atom. The van der Waals surface area contributed by atoms with Gasteiger partial charge in [0.2, 0.25) is 5.95 Å². The Morgan fingerprint density at radius 3 is 2.20 bits per heavy atom. The molecule has 1 amide bonds. The van der Waals surface area contributed by atoms with Crippen LogP contribution in [0.25, 0.3) is 10.8 Å². The largest absolute Gasteiger partial charge is 0.378 e. The topological polar surface area (TPSA) is 74.7 Å². The minimum atomic E-state index is 0.0274. The number of morpholine rings is 1. The Hall–Kier alpha value is -3.26. The molecular weight excluding hydrogens is 380 g/mol. The number of hydrogen-bond acceptors (Lipinski definition) is 7. The third-order valence-electron chi connectivity index (χ3n) is 5.72. The first kappa shape index (κ1) is 18.7. The molecule has 2 saturated heterocycles. The zero-order valence-electron chi connectivity index (χ0n) is 16.8. The first-order valence-corrected chi connectivity index (χ1v) is 10.3. The van der Waals surface area contributed by atoms with Gasteiger partial charge in [0.1, 0.15) is 5.82 Å². The van der Waals surface area contributed by atoms with Gasteiger partial charge in [0, 0.05) is 63.2 Å². The van der Waals surface area contributed by atoms with Gasteiger partial charge in [0.15, 0.2) is 0 Å². The highest BCUT2D eigenvalue weighted by Gasteiger charge is 2.25. The van der Waals surface area contributed by atoms with E-state index in [0.717, 1.165) is 48.7 Å². The molecule has 8 heteroatoms. The van der Waals surface area contributed by atoms with Crippen LogP contribution in [0.3, 0.4) is 0 Å². The summed E-state index contributed by atoms with van der Waals surface area (Å²) in [7, 11) is 0. The van der Waals surface area contributed by atoms with Crippen molar-refractivity contribution in [2.24, 2.45) is 0 Å². The van der Waals surface area contributed by atoms with Crippen molar-refractivity contribution in [2.45, 2.75) is 0 Å². The van der Waals surface area contributed by atoms with Crippen molar-refractivity contribution in [3.8, 4) is 0 Å². The van der Waals surface area contributed by atoms with Gasteiger partial charge in [-0.05, 0) is 11.5 Å². The number of carbonyl (C=O) groups is 1. The Bertz CT molecular complexity index is 1030. The van der Waals surface area contributed by atoms with Gasteiger partial charge in [-0.3, -0.25) is 4.79 Å². The van der Waals surface area contributed by atoms with E-state index < -0.39 is 0 Å². The lowest BCUT2D eigenvalue weighted by atomic mass is 10.0. The van der Waals surface area contributed by atoms with E-state index in [2.05, 4.69) is 25.8 Å². The average molecular weight is 404 g/mol. The second kappa shape index (κ2) is 8.23. The molecule has 0 N–H and O–H groups in total. The van der Waals surface area contributed by atoms with Crippen LogP contribution in [-0.2, 0) is 4.74 Å². The van der Waals surface area contributed by atoms with Gasteiger partial charge in [-0.1, -0.05) is 24.3 Å². The molecule has 154 valence electrons. The van der Waals surface area contributed by atoms with Crippen molar-refractivity contribution in [1.29, 1.82) is 0 Å². The molecule has 2 aromatic heterocycles. The van der Waals surface area contributed by atoms with Gasteiger partial charge in [-0.15, -0.1) is 0 Å². The van der Waals surface area contributed by atoms with Crippen molar-refractivity contribution in [3.63, 3.8) is 0 Å². The molecule has 0 radical (unpaired) electrons. The summed E-state index contributed by atoms with van der Waals surface area (Å²) in [4.78, 5) is 32.9. The van der Waals surface area contributed by atoms with Gasteiger partial charge in [0.05, 0.1) is 18.8 Å². The first-order valence-electron chi connectivity index (χ1n) is 10.3. The molecule has 2 aliphatic rings. The molecule has 30 heavy (non-hydrogen) atoms. The second-order valence-corrected chi connectivity index (χ2v) is 7.47. The highest BCUT2D eigenvalue weighted by molar-refractivity contribution is 6.09. The summed E-state index contributed by atoms with van der Waals surface area (Å²) in [6, 6.07) is 9.88. The molecular formula is C22H24N6O2. The second-order valence-electron chi connectivity index (χ2n) is 7.47. The van der Waals surface area contributed by atoms with Crippen LogP contribution in [0.2, 0.25) is 0 Å². The van der Waals surface area contributed by atoms with Gasteiger partial charge >= 0.3 is 0 Å². The fourth-order valence-corrected chi connectivity index (χ4v) is 4.11. The molecule has 4 heterocycles. The molecule has 0 unspecified atom stereocenters. The first-order chi connectivity index (χ1) is 14.8. The summed E-state index contributed by atoms with van der Waals surface area (Å²) >= 11 is 0. The molecule has 1 aromatic carbocycles. The van der Waals surface area contributed by atoms with Gasteiger partial charge in [-0.25, -0.2) is 15.0 Å². The van der Waals surface area contributed by atoms with Crippen LogP contribution < -0.4 is 9.80 Å². The number of hydrogen-bond donors (Lipinski definition) is 0. The Balaban J connectivity index is 1.40. The van der Waals surface area contributed by atoms with Crippen LogP contribution in [0.5, 0.6) is 0 Å². The molecule has 0 saturated carbocycles. The molecule has 0 bridgehead atoms. The van der Waals surface area contributed by atoms with E-state index in [9.17, 15) is 4.79 Å². The van der Waals surface area contributed by atoms with E-state index in [-0.39, 0.29) is 5.91 Å². The zero-order valence-corrected chi connectivity index (χ0v) is 16.8. The summed E-state index contributed by atoms with van der Waals surface area (Å²) < 4.78 is 5.38.